The molecule has 7 nitrogen and oxygen atoms in total. The van der Waals surface area contributed by atoms with E-state index >= 15 is 0 Å². The first-order valence-corrected chi connectivity index (χ1v) is 9.43. The lowest BCUT2D eigenvalue weighted by Gasteiger charge is -2.23. The smallest absolute Gasteiger partial charge is 0.304 e. The Labute approximate surface area is 179 Å². The summed E-state index contributed by atoms with van der Waals surface area (Å²) in [4.78, 5) is 3.20. The number of allylic oxidation sites excluding steroid dienone is 2. The van der Waals surface area contributed by atoms with Gasteiger partial charge in [-0.1, -0.05) is 47.7 Å². The van der Waals surface area contributed by atoms with Crippen LogP contribution in [0.15, 0.2) is 77.8 Å². The van der Waals surface area contributed by atoms with Crippen LogP contribution in [-0.4, -0.2) is 20.6 Å². The van der Waals surface area contributed by atoms with Gasteiger partial charge in [0.25, 0.3) is 0 Å². The van der Waals surface area contributed by atoms with Crippen molar-refractivity contribution < 1.29 is 4.74 Å². The Morgan fingerprint density at radius 1 is 1.06 bits per heavy atom. The molecule has 148 valence electrons. The van der Waals surface area contributed by atoms with Crippen molar-refractivity contribution in [2.24, 2.45) is 0 Å². The summed E-state index contributed by atoms with van der Waals surface area (Å²) in [6.07, 6.45) is 1.85. The van der Waals surface area contributed by atoms with Crippen molar-refractivity contribution in [3.63, 3.8) is 0 Å². The van der Waals surface area contributed by atoms with Gasteiger partial charge >= 0.3 is 5.70 Å². The number of aromatic nitrogens is 3. The van der Waals surface area contributed by atoms with E-state index in [1.165, 1.54) is 0 Å². The molecule has 4 rings (SSSR count). The molecule has 0 unspecified atom stereocenters. The number of hydrogen-bond acceptors (Lipinski definition) is 5. The van der Waals surface area contributed by atoms with E-state index in [9.17, 15) is 10.5 Å². The maximum Gasteiger partial charge on any atom is 0.304 e. The van der Waals surface area contributed by atoms with E-state index in [1.807, 2.05) is 80.7 Å². The van der Waals surface area contributed by atoms with Crippen LogP contribution in [0.1, 0.15) is 19.4 Å². The van der Waals surface area contributed by atoms with Crippen molar-refractivity contribution in [1.82, 2.24) is 15.0 Å². The third kappa shape index (κ3) is 3.44. The average Bonchev–Trinajstić information content (AvgIpc) is 3.38. The summed E-state index contributed by atoms with van der Waals surface area (Å²) in [6.45, 7) is 10.8. The molecule has 0 spiro atoms. The number of para-hydroxylation sites is 1. The zero-order chi connectivity index (χ0) is 22.0. The van der Waals surface area contributed by atoms with E-state index in [4.69, 9.17) is 11.3 Å². The third-order valence-corrected chi connectivity index (χ3v) is 4.96. The van der Waals surface area contributed by atoms with E-state index in [0.29, 0.717) is 11.3 Å². The summed E-state index contributed by atoms with van der Waals surface area (Å²) >= 11 is 0. The summed E-state index contributed by atoms with van der Waals surface area (Å²) < 4.78 is 7.56. The Morgan fingerprint density at radius 3 is 2.35 bits per heavy atom. The Bertz CT molecular complexity index is 1320. The maximum atomic E-state index is 9.73. The van der Waals surface area contributed by atoms with Crippen LogP contribution in [0.25, 0.3) is 27.4 Å². The second-order valence-electron chi connectivity index (χ2n) is 7.34. The SMILES string of the molecule is [C-]#[N+]C(C#N)=C1OC(C)(C)C(c2ccc(-c3cn(-c4ccccc4)nn3)cc2)=C1C#N. The van der Waals surface area contributed by atoms with Crippen LogP contribution < -0.4 is 0 Å². The number of ether oxygens (including phenoxy) is 1. The van der Waals surface area contributed by atoms with Gasteiger partial charge in [-0.25, -0.2) is 14.8 Å². The minimum atomic E-state index is -0.856. The van der Waals surface area contributed by atoms with Gasteiger partial charge in [0.05, 0.1) is 30.1 Å². The largest absolute Gasteiger partial charge is 0.492 e. The first kappa shape index (κ1) is 19.6. The van der Waals surface area contributed by atoms with Gasteiger partial charge in [0.15, 0.2) is 5.76 Å². The van der Waals surface area contributed by atoms with Crippen molar-refractivity contribution in [1.29, 1.82) is 10.5 Å². The number of benzene rings is 2. The normalized spacial score (nSPS) is 16.1. The molecule has 1 aromatic heterocycles. The highest BCUT2D eigenvalue weighted by Crippen LogP contribution is 2.45. The predicted molar refractivity (Wildman–Crippen MR) is 114 cm³/mol. The molecule has 0 aliphatic carbocycles. The van der Waals surface area contributed by atoms with E-state index in [-0.39, 0.29) is 17.0 Å². The molecule has 2 aromatic carbocycles. The summed E-state index contributed by atoms with van der Waals surface area (Å²) in [5, 5.41) is 27.4. The van der Waals surface area contributed by atoms with Gasteiger partial charge in [0, 0.05) is 11.1 Å². The fourth-order valence-electron chi connectivity index (χ4n) is 3.57. The van der Waals surface area contributed by atoms with Crippen LogP contribution in [0.3, 0.4) is 0 Å². The molecule has 31 heavy (non-hydrogen) atoms. The van der Waals surface area contributed by atoms with Gasteiger partial charge in [-0.3, -0.25) is 0 Å². The lowest BCUT2D eigenvalue weighted by Crippen LogP contribution is -2.20. The van der Waals surface area contributed by atoms with E-state index in [2.05, 4.69) is 21.2 Å². The molecule has 1 aliphatic heterocycles. The van der Waals surface area contributed by atoms with Gasteiger partial charge in [0.2, 0.25) is 0 Å². The fraction of sp³-hybridized carbons (Fsp3) is 0.125. The molecular weight excluding hydrogens is 388 g/mol. The molecule has 3 aromatic rings. The highest BCUT2D eigenvalue weighted by molar-refractivity contribution is 5.84. The Balaban J connectivity index is 1.73. The summed E-state index contributed by atoms with van der Waals surface area (Å²) in [5.74, 6) is 0.0369. The zero-order valence-corrected chi connectivity index (χ0v) is 16.9. The molecular formula is C24H16N6O. The van der Waals surface area contributed by atoms with Gasteiger partial charge in [-0.05, 0) is 31.5 Å². The van der Waals surface area contributed by atoms with Crippen molar-refractivity contribution in [2.45, 2.75) is 19.4 Å². The molecule has 7 heteroatoms. The monoisotopic (exact) mass is 404 g/mol. The summed E-state index contributed by atoms with van der Waals surface area (Å²) in [6, 6.07) is 21.2. The van der Waals surface area contributed by atoms with Crippen LogP contribution in [-0.2, 0) is 4.74 Å². The van der Waals surface area contributed by atoms with E-state index < -0.39 is 5.60 Å². The Hall–Kier alpha value is -4.67. The maximum absolute atomic E-state index is 9.73. The van der Waals surface area contributed by atoms with Crippen LogP contribution in [0.5, 0.6) is 0 Å². The van der Waals surface area contributed by atoms with Crippen LogP contribution >= 0.6 is 0 Å². The highest BCUT2D eigenvalue weighted by atomic mass is 16.5. The lowest BCUT2D eigenvalue weighted by molar-refractivity contribution is 0.109. The fourth-order valence-corrected chi connectivity index (χ4v) is 3.57. The van der Waals surface area contributed by atoms with Gasteiger partial charge < -0.3 is 4.74 Å². The minimum Gasteiger partial charge on any atom is -0.492 e. The second-order valence-corrected chi connectivity index (χ2v) is 7.34. The van der Waals surface area contributed by atoms with Crippen LogP contribution in [0.4, 0.5) is 0 Å². The molecule has 0 bridgehead atoms. The van der Waals surface area contributed by atoms with Gasteiger partial charge in [0.1, 0.15) is 17.4 Å². The number of hydrogen-bond donors (Lipinski definition) is 0. The van der Waals surface area contributed by atoms with Crippen LogP contribution in [0, 0.1) is 29.2 Å². The predicted octanol–water partition coefficient (Wildman–Crippen LogP) is 4.67. The van der Waals surface area contributed by atoms with Crippen LogP contribution in [0.2, 0.25) is 0 Å². The molecule has 0 radical (unpaired) electrons. The molecule has 0 fully saturated rings. The molecule has 0 amide bonds. The second kappa shape index (κ2) is 7.63. The number of rotatable bonds is 3. The molecule has 2 heterocycles. The molecule has 0 atom stereocenters. The number of nitrogens with zero attached hydrogens (tertiary/aromatic N) is 6. The third-order valence-electron chi connectivity index (χ3n) is 4.96. The minimum absolute atomic E-state index is 0.0369. The molecule has 0 saturated heterocycles. The molecule has 0 saturated carbocycles. The van der Waals surface area contributed by atoms with Crippen molar-refractivity contribution in [3.05, 3.63) is 94.8 Å². The quantitative estimate of drug-likeness (QED) is 0.467. The lowest BCUT2D eigenvalue weighted by atomic mass is 9.88. The van der Waals surface area contributed by atoms with Crippen molar-refractivity contribution in [2.75, 3.05) is 0 Å². The molecule has 1 aliphatic rings. The Kier molecular flexibility index (Phi) is 4.83. The number of nitriles is 2. The zero-order valence-electron chi connectivity index (χ0n) is 16.9. The van der Waals surface area contributed by atoms with Gasteiger partial charge in [-0.15, -0.1) is 5.10 Å². The van der Waals surface area contributed by atoms with Crippen molar-refractivity contribution >= 4 is 5.57 Å². The summed E-state index contributed by atoms with van der Waals surface area (Å²) in [5.41, 5.74) is 3.04. The van der Waals surface area contributed by atoms with Crippen molar-refractivity contribution in [3.8, 4) is 29.1 Å². The Morgan fingerprint density at radius 2 is 1.74 bits per heavy atom. The summed E-state index contributed by atoms with van der Waals surface area (Å²) in [7, 11) is 0. The average molecular weight is 404 g/mol. The highest BCUT2D eigenvalue weighted by Gasteiger charge is 2.40. The topological polar surface area (TPSA) is 91.9 Å². The standard InChI is InChI=1S/C24H16N6O/c1-24(2)22(19(13-25)23(31-24)20(14-26)27-3)17-11-9-16(10-12-17)21-15-30(29-28-21)18-7-5-4-6-8-18/h4-12,15H,1-2H3. The van der Waals surface area contributed by atoms with E-state index in [1.54, 1.807) is 4.68 Å². The first-order valence-electron chi connectivity index (χ1n) is 9.43. The van der Waals surface area contributed by atoms with Gasteiger partial charge in [-0.2, -0.15) is 5.26 Å². The molecule has 0 N–H and O–H groups in total. The first-order chi connectivity index (χ1) is 15.0. The van der Waals surface area contributed by atoms with E-state index in [0.717, 1.165) is 16.8 Å².